The number of carboxylic acid groups (broad SMARTS) is 1. The molecule has 27 heavy (non-hydrogen) atoms. The molecule has 0 bridgehead atoms. The number of ether oxygens (including phenoxy) is 1. The summed E-state index contributed by atoms with van der Waals surface area (Å²) in [5.41, 5.74) is 0.0996. The van der Waals surface area contributed by atoms with E-state index < -0.39 is 11.4 Å². The molecule has 148 valence electrons. The van der Waals surface area contributed by atoms with E-state index in [2.05, 4.69) is 4.90 Å². The predicted molar refractivity (Wildman–Crippen MR) is 97.5 cm³/mol. The predicted octanol–water partition coefficient (Wildman–Crippen LogP) is 2.00. The van der Waals surface area contributed by atoms with Gasteiger partial charge in [0.1, 0.15) is 11.2 Å². The second-order valence-electron chi connectivity index (χ2n) is 8.08. The summed E-state index contributed by atoms with van der Waals surface area (Å²) < 4.78 is 11.3. The van der Waals surface area contributed by atoms with Crippen molar-refractivity contribution >= 4 is 11.9 Å². The van der Waals surface area contributed by atoms with Crippen LogP contribution < -0.4 is 0 Å². The van der Waals surface area contributed by atoms with Crippen LogP contribution in [0.4, 0.5) is 0 Å². The smallest absolute Gasteiger partial charge is 0.314 e. The number of carbonyl (C=O) groups excluding carboxylic acids is 1. The Morgan fingerprint density at radius 1 is 1.33 bits per heavy atom. The van der Waals surface area contributed by atoms with Crippen molar-refractivity contribution in [3.8, 4) is 0 Å². The van der Waals surface area contributed by atoms with E-state index >= 15 is 0 Å². The van der Waals surface area contributed by atoms with Crippen molar-refractivity contribution in [2.75, 3.05) is 39.4 Å². The van der Waals surface area contributed by atoms with E-state index in [0.29, 0.717) is 25.3 Å². The highest BCUT2D eigenvalue weighted by molar-refractivity contribution is 5.93. The molecule has 0 radical (unpaired) electrons. The third-order valence-corrected chi connectivity index (χ3v) is 6.40. The summed E-state index contributed by atoms with van der Waals surface area (Å²) in [5, 5.41) is 9.77. The van der Waals surface area contributed by atoms with Gasteiger partial charge in [-0.05, 0) is 44.3 Å². The van der Waals surface area contributed by atoms with Crippen molar-refractivity contribution in [2.45, 2.75) is 39.2 Å². The number of fused-ring (bicyclic) bond motifs is 1. The molecular formula is C20H28N2O5. The third kappa shape index (κ3) is 3.27. The van der Waals surface area contributed by atoms with Gasteiger partial charge in [0.25, 0.3) is 5.91 Å². The zero-order valence-corrected chi connectivity index (χ0v) is 15.9. The van der Waals surface area contributed by atoms with Gasteiger partial charge < -0.3 is 19.2 Å². The molecule has 1 N–H and O–H groups in total. The van der Waals surface area contributed by atoms with Crippen molar-refractivity contribution < 1.29 is 23.8 Å². The Hall–Kier alpha value is -1.86. The van der Waals surface area contributed by atoms with Gasteiger partial charge in [0, 0.05) is 38.2 Å². The number of amides is 1. The summed E-state index contributed by atoms with van der Waals surface area (Å²) in [6.07, 6.45) is 3.86. The van der Waals surface area contributed by atoms with Crippen LogP contribution in [0.3, 0.4) is 0 Å². The first-order chi connectivity index (χ1) is 13.0. The molecule has 3 saturated heterocycles. The summed E-state index contributed by atoms with van der Waals surface area (Å²) in [6, 6.07) is 1.87. The normalized spacial score (nSPS) is 28.5. The van der Waals surface area contributed by atoms with Crippen molar-refractivity contribution in [3.63, 3.8) is 0 Å². The van der Waals surface area contributed by atoms with E-state index in [9.17, 15) is 14.7 Å². The second kappa shape index (κ2) is 7.28. The first-order valence-electron chi connectivity index (χ1n) is 9.98. The van der Waals surface area contributed by atoms with Gasteiger partial charge in [0.05, 0.1) is 6.61 Å². The number of hydrogen-bond acceptors (Lipinski definition) is 5. The van der Waals surface area contributed by atoms with E-state index in [1.54, 1.807) is 4.90 Å². The van der Waals surface area contributed by atoms with Crippen LogP contribution in [0.2, 0.25) is 0 Å². The maximum absolute atomic E-state index is 13.1. The van der Waals surface area contributed by atoms with Crippen LogP contribution in [0.25, 0.3) is 0 Å². The van der Waals surface area contributed by atoms with Crippen molar-refractivity contribution in [1.29, 1.82) is 0 Å². The molecular weight excluding hydrogens is 348 g/mol. The number of carbonyl (C=O) groups is 2. The van der Waals surface area contributed by atoms with Gasteiger partial charge in [-0.15, -0.1) is 0 Å². The Bertz CT molecular complexity index is 724. The summed E-state index contributed by atoms with van der Waals surface area (Å²) in [5.74, 6) is 0.0648. The molecule has 0 saturated carbocycles. The molecule has 1 aromatic heterocycles. The van der Waals surface area contributed by atoms with Crippen LogP contribution >= 0.6 is 0 Å². The molecule has 0 aromatic carbocycles. The van der Waals surface area contributed by atoms with Gasteiger partial charge in [-0.1, -0.05) is 6.92 Å². The van der Waals surface area contributed by atoms with E-state index in [-0.39, 0.29) is 25.0 Å². The molecule has 4 rings (SSSR count). The number of furan rings is 1. The minimum Gasteiger partial charge on any atom is -0.481 e. The Labute approximate surface area is 159 Å². The molecule has 7 nitrogen and oxygen atoms in total. The molecule has 3 aliphatic rings. The number of nitrogens with zero attached hydrogens (tertiary/aromatic N) is 2. The summed E-state index contributed by atoms with van der Waals surface area (Å²) in [7, 11) is 0. The lowest BCUT2D eigenvalue weighted by atomic mass is 9.76. The summed E-state index contributed by atoms with van der Waals surface area (Å²) in [6.45, 7) is 6.40. The van der Waals surface area contributed by atoms with E-state index in [1.807, 2.05) is 13.0 Å². The first-order valence-corrected chi connectivity index (χ1v) is 9.98. The molecule has 0 spiro atoms. The lowest BCUT2D eigenvalue weighted by Gasteiger charge is -2.33. The minimum atomic E-state index is -0.980. The number of likely N-dealkylation sites (tertiary alicyclic amines) is 2. The number of rotatable bonds is 5. The molecule has 3 fully saturated rings. The van der Waals surface area contributed by atoms with Gasteiger partial charge in [-0.3, -0.25) is 14.5 Å². The third-order valence-electron chi connectivity index (χ3n) is 6.40. The number of hydrogen-bond donors (Lipinski definition) is 1. The van der Waals surface area contributed by atoms with Crippen LogP contribution in [0, 0.1) is 11.3 Å². The van der Waals surface area contributed by atoms with Gasteiger partial charge >= 0.3 is 5.97 Å². The summed E-state index contributed by atoms with van der Waals surface area (Å²) in [4.78, 5) is 29.0. The average molecular weight is 376 g/mol. The van der Waals surface area contributed by atoms with Crippen LogP contribution in [0.1, 0.15) is 48.1 Å². The van der Waals surface area contributed by atoms with Crippen molar-refractivity contribution in [3.05, 3.63) is 23.2 Å². The highest BCUT2D eigenvalue weighted by Gasteiger charge is 2.55. The van der Waals surface area contributed by atoms with Crippen LogP contribution in [0.15, 0.2) is 10.5 Å². The molecule has 2 atom stereocenters. The van der Waals surface area contributed by atoms with Crippen molar-refractivity contribution in [1.82, 2.24) is 9.80 Å². The average Bonchev–Trinajstić information content (AvgIpc) is 3.39. The van der Waals surface area contributed by atoms with E-state index in [4.69, 9.17) is 9.15 Å². The fourth-order valence-electron chi connectivity index (χ4n) is 4.79. The molecule has 1 amide bonds. The SMILES string of the molecule is CCc1oc(C(=O)N2C[C@@H]3CCOC[C@]3(C(=O)O)C2)cc1CN1CCCC1. The monoisotopic (exact) mass is 376 g/mol. The fraction of sp³-hybridized carbons (Fsp3) is 0.700. The Balaban J connectivity index is 1.52. The fourth-order valence-corrected chi connectivity index (χ4v) is 4.79. The van der Waals surface area contributed by atoms with E-state index in [1.165, 1.54) is 12.8 Å². The summed E-state index contributed by atoms with van der Waals surface area (Å²) >= 11 is 0. The highest BCUT2D eigenvalue weighted by atomic mass is 16.5. The second-order valence-corrected chi connectivity index (χ2v) is 8.08. The molecule has 7 heteroatoms. The molecule has 4 heterocycles. The van der Waals surface area contributed by atoms with Gasteiger partial charge in [-0.2, -0.15) is 0 Å². The van der Waals surface area contributed by atoms with Crippen LogP contribution in [-0.4, -0.2) is 66.2 Å². The lowest BCUT2D eigenvalue weighted by Crippen LogP contribution is -2.46. The topological polar surface area (TPSA) is 83.2 Å². The Morgan fingerprint density at radius 3 is 2.78 bits per heavy atom. The number of aliphatic carboxylic acids is 1. The quantitative estimate of drug-likeness (QED) is 0.846. The Morgan fingerprint density at radius 2 is 2.11 bits per heavy atom. The largest absolute Gasteiger partial charge is 0.481 e. The van der Waals surface area contributed by atoms with Gasteiger partial charge in [0.2, 0.25) is 0 Å². The first kappa shape index (κ1) is 18.5. The molecule has 3 aliphatic heterocycles. The Kier molecular flexibility index (Phi) is 4.99. The zero-order chi connectivity index (χ0) is 19.0. The van der Waals surface area contributed by atoms with Crippen LogP contribution in [0.5, 0.6) is 0 Å². The molecule has 0 aliphatic carbocycles. The standard InChI is InChI=1S/C20H28N2O5/c1-2-16-14(10-21-6-3-4-7-21)9-17(27-16)18(23)22-11-15-5-8-26-13-20(15,12-22)19(24)25/h9,15H,2-8,10-13H2,1H3,(H,24,25)/t15-,20+/m0/s1. The zero-order valence-electron chi connectivity index (χ0n) is 15.9. The van der Waals surface area contributed by atoms with Crippen molar-refractivity contribution in [2.24, 2.45) is 11.3 Å². The molecule has 0 unspecified atom stereocenters. The maximum Gasteiger partial charge on any atom is 0.314 e. The number of aryl methyl sites for hydroxylation is 1. The van der Waals surface area contributed by atoms with Gasteiger partial charge in [-0.25, -0.2) is 0 Å². The lowest BCUT2D eigenvalue weighted by molar-refractivity contribution is -0.159. The van der Waals surface area contributed by atoms with E-state index in [0.717, 1.165) is 37.4 Å². The van der Waals surface area contributed by atoms with Gasteiger partial charge in [0.15, 0.2) is 5.76 Å². The molecule has 1 aromatic rings. The highest BCUT2D eigenvalue weighted by Crippen LogP contribution is 2.42. The van der Waals surface area contributed by atoms with Crippen LogP contribution in [-0.2, 0) is 22.5 Å². The minimum absolute atomic E-state index is 0.0580. The number of carboxylic acids is 1. The maximum atomic E-state index is 13.1.